The second-order valence-corrected chi connectivity index (χ2v) is 4.66. The Morgan fingerprint density at radius 3 is 2.59 bits per heavy atom. The first-order chi connectivity index (χ1) is 8.13. The molecular weight excluding hydrogens is 236 g/mol. The second-order valence-electron chi connectivity index (χ2n) is 3.67. The van der Waals surface area contributed by atoms with E-state index in [9.17, 15) is 9.90 Å². The Labute approximate surface area is 106 Å². The molecule has 0 spiro atoms. The van der Waals surface area contributed by atoms with Crippen LogP contribution in [-0.4, -0.2) is 29.7 Å². The molecule has 0 fully saturated rings. The molecule has 2 amide bonds. The Bertz CT molecular complexity index is 352. The van der Waals surface area contributed by atoms with Gasteiger partial charge in [0.25, 0.3) is 0 Å². The zero-order chi connectivity index (χ0) is 12.7. The number of carbonyl (C=O) groups is 1. The molecule has 0 bridgehead atoms. The number of carbonyl (C=O) groups excluding carboxylic acids is 1. The minimum Gasteiger partial charge on any atom is -0.389 e. The molecule has 0 aliphatic rings. The SMILES string of the molecule is CSCCNC(=O)Nc1ccc(C(C)O)cc1. The number of aliphatic hydroxyl groups is 1. The highest BCUT2D eigenvalue weighted by Crippen LogP contribution is 2.15. The number of rotatable bonds is 5. The van der Waals surface area contributed by atoms with Crippen LogP contribution in [0.25, 0.3) is 0 Å². The first-order valence-corrected chi connectivity index (χ1v) is 6.84. The summed E-state index contributed by atoms with van der Waals surface area (Å²) in [5, 5.41) is 14.8. The van der Waals surface area contributed by atoms with Gasteiger partial charge in [0, 0.05) is 18.0 Å². The topological polar surface area (TPSA) is 61.4 Å². The van der Waals surface area contributed by atoms with Gasteiger partial charge < -0.3 is 15.7 Å². The summed E-state index contributed by atoms with van der Waals surface area (Å²) in [4.78, 5) is 11.4. The molecule has 0 aromatic heterocycles. The van der Waals surface area contributed by atoms with Crippen molar-refractivity contribution in [3.05, 3.63) is 29.8 Å². The lowest BCUT2D eigenvalue weighted by molar-refractivity contribution is 0.199. The normalized spacial score (nSPS) is 11.9. The fourth-order valence-electron chi connectivity index (χ4n) is 1.29. The minimum atomic E-state index is -0.487. The number of urea groups is 1. The van der Waals surface area contributed by atoms with Gasteiger partial charge in [0.1, 0.15) is 0 Å². The Balaban J connectivity index is 2.43. The third kappa shape index (κ3) is 5.10. The molecule has 1 rings (SSSR count). The molecule has 0 aliphatic carbocycles. The maximum atomic E-state index is 11.4. The average Bonchev–Trinajstić information content (AvgIpc) is 2.30. The molecule has 0 saturated heterocycles. The van der Waals surface area contributed by atoms with Crippen LogP contribution in [0.15, 0.2) is 24.3 Å². The molecule has 94 valence electrons. The van der Waals surface area contributed by atoms with Crippen LogP contribution >= 0.6 is 11.8 Å². The van der Waals surface area contributed by atoms with E-state index in [0.717, 1.165) is 17.0 Å². The molecular formula is C12H18N2O2S. The molecule has 1 aromatic rings. The molecule has 1 atom stereocenters. The highest BCUT2D eigenvalue weighted by atomic mass is 32.2. The molecule has 0 aliphatic heterocycles. The third-order valence-corrected chi connectivity index (χ3v) is 2.86. The maximum absolute atomic E-state index is 11.4. The van der Waals surface area contributed by atoms with Crippen LogP contribution < -0.4 is 10.6 Å². The molecule has 4 nitrogen and oxygen atoms in total. The van der Waals surface area contributed by atoms with Crippen LogP contribution in [0.2, 0.25) is 0 Å². The maximum Gasteiger partial charge on any atom is 0.319 e. The van der Waals surface area contributed by atoms with E-state index in [1.54, 1.807) is 43.0 Å². The van der Waals surface area contributed by atoms with Gasteiger partial charge in [-0.05, 0) is 30.9 Å². The largest absolute Gasteiger partial charge is 0.389 e. The summed E-state index contributed by atoms with van der Waals surface area (Å²) in [6.45, 7) is 2.36. The van der Waals surface area contributed by atoms with E-state index >= 15 is 0 Å². The van der Waals surface area contributed by atoms with Crippen LogP contribution in [-0.2, 0) is 0 Å². The predicted octanol–water partition coefficient (Wildman–Crippen LogP) is 2.22. The van der Waals surface area contributed by atoms with Crippen LogP contribution in [0.5, 0.6) is 0 Å². The van der Waals surface area contributed by atoms with E-state index in [1.807, 2.05) is 6.26 Å². The van der Waals surface area contributed by atoms with Crippen molar-refractivity contribution < 1.29 is 9.90 Å². The number of thioether (sulfide) groups is 1. The fraction of sp³-hybridized carbons (Fsp3) is 0.417. The number of nitrogens with one attached hydrogen (secondary N) is 2. The summed E-state index contributed by atoms with van der Waals surface area (Å²) in [5.41, 5.74) is 1.55. The first-order valence-electron chi connectivity index (χ1n) is 5.45. The van der Waals surface area contributed by atoms with Gasteiger partial charge in [-0.1, -0.05) is 12.1 Å². The Morgan fingerprint density at radius 2 is 2.06 bits per heavy atom. The van der Waals surface area contributed by atoms with Crippen molar-refractivity contribution in [1.29, 1.82) is 0 Å². The highest BCUT2D eigenvalue weighted by molar-refractivity contribution is 7.98. The standard InChI is InChI=1S/C12H18N2O2S/c1-9(15)10-3-5-11(6-4-10)14-12(16)13-7-8-17-2/h3-6,9,15H,7-8H2,1-2H3,(H2,13,14,16). The Hall–Kier alpha value is -1.20. The van der Waals surface area contributed by atoms with Gasteiger partial charge >= 0.3 is 6.03 Å². The predicted molar refractivity (Wildman–Crippen MR) is 72.5 cm³/mol. The summed E-state index contributed by atoms with van der Waals surface area (Å²) in [6, 6.07) is 6.93. The molecule has 0 heterocycles. The number of anilines is 1. The number of aliphatic hydroxyl groups excluding tert-OH is 1. The lowest BCUT2D eigenvalue weighted by Gasteiger charge is -2.08. The van der Waals surface area contributed by atoms with E-state index in [2.05, 4.69) is 10.6 Å². The number of benzene rings is 1. The van der Waals surface area contributed by atoms with Gasteiger partial charge in [-0.2, -0.15) is 11.8 Å². The third-order valence-electron chi connectivity index (χ3n) is 2.24. The molecule has 3 N–H and O–H groups in total. The average molecular weight is 254 g/mol. The summed E-state index contributed by atoms with van der Waals surface area (Å²) in [5.74, 6) is 0.897. The molecule has 0 saturated carbocycles. The van der Waals surface area contributed by atoms with E-state index in [0.29, 0.717) is 6.54 Å². The van der Waals surface area contributed by atoms with Gasteiger partial charge in [-0.3, -0.25) is 0 Å². The van der Waals surface area contributed by atoms with Gasteiger partial charge in [0.05, 0.1) is 6.10 Å². The summed E-state index contributed by atoms with van der Waals surface area (Å²) < 4.78 is 0. The van der Waals surface area contributed by atoms with E-state index in [-0.39, 0.29) is 6.03 Å². The van der Waals surface area contributed by atoms with E-state index < -0.39 is 6.10 Å². The second kappa shape index (κ2) is 7.19. The zero-order valence-electron chi connectivity index (χ0n) is 10.1. The van der Waals surface area contributed by atoms with Crippen molar-refractivity contribution in [2.24, 2.45) is 0 Å². The molecule has 1 unspecified atom stereocenters. The fourth-order valence-corrected chi connectivity index (χ4v) is 1.59. The van der Waals surface area contributed by atoms with Crippen LogP contribution in [0, 0.1) is 0 Å². The molecule has 5 heteroatoms. The summed E-state index contributed by atoms with van der Waals surface area (Å²) in [6.07, 6.45) is 1.51. The quantitative estimate of drug-likeness (QED) is 0.706. The van der Waals surface area contributed by atoms with Crippen molar-refractivity contribution >= 4 is 23.5 Å². The smallest absolute Gasteiger partial charge is 0.319 e. The van der Waals surface area contributed by atoms with E-state index in [4.69, 9.17) is 0 Å². The van der Waals surface area contributed by atoms with Crippen LogP contribution in [0.4, 0.5) is 10.5 Å². The number of amides is 2. The Kier molecular flexibility index (Phi) is 5.86. The molecule has 17 heavy (non-hydrogen) atoms. The van der Waals surface area contributed by atoms with Crippen molar-refractivity contribution in [3.8, 4) is 0 Å². The minimum absolute atomic E-state index is 0.205. The molecule has 1 aromatic carbocycles. The number of hydrogen-bond donors (Lipinski definition) is 3. The monoisotopic (exact) mass is 254 g/mol. The van der Waals surface area contributed by atoms with Gasteiger partial charge in [-0.15, -0.1) is 0 Å². The summed E-state index contributed by atoms with van der Waals surface area (Å²) in [7, 11) is 0. The van der Waals surface area contributed by atoms with Crippen molar-refractivity contribution in [3.63, 3.8) is 0 Å². The highest BCUT2D eigenvalue weighted by Gasteiger charge is 2.02. The van der Waals surface area contributed by atoms with Crippen LogP contribution in [0.1, 0.15) is 18.6 Å². The molecule has 0 radical (unpaired) electrons. The van der Waals surface area contributed by atoms with Crippen molar-refractivity contribution in [1.82, 2.24) is 5.32 Å². The summed E-state index contributed by atoms with van der Waals surface area (Å²) >= 11 is 1.68. The first kappa shape index (κ1) is 13.9. The van der Waals surface area contributed by atoms with Crippen molar-refractivity contribution in [2.75, 3.05) is 23.9 Å². The van der Waals surface area contributed by atoms with Crippen molar-refractivity contribution in [2.45, 2.75) is 13.0 Å². The van der Waals surface area contributed by atoms with Gasteiger partial charge in [-0.25, -0.2) is 4.79 Å². The zero-order valence-corrected chi connectivity index (χ0v) is 10.9. The van der Waals surface area contributed by atoms with Gasteiger partial charge in [0.2, 0.25) is 0 Å². The lowest BCUT2D eigenvalue weighted by atomic mass is 10.1. The van der Waals surface area contributed by atoms with Gasteiger partial charge in [0.15, 0.2) is 0 Å². The number of hydrogen-bond acceptors (Lipinski definition) is 3. The van der Waals surface area contributed by atoms with E-state index in [1.165, 1.54) is 0 Å². The lowest BCUT2D eigenvalue weighted by Crippen LogP contribution is -2.30. The van der Waals surface area contributed by atoms with Crippen LogP contribution in [0.3, 0.4) is 0 Å². The Morgan fingerprint density at radius 1 is 1.41 bits per heavy atom.